The zero-order valence-corrected chi connectivity index (χ0v) is 12.0. The Balaban J connectivity index is 1.67. The van der Waals surface area contributed by atoms with Crippen molar-refractivity contribution in [2.24, 2.45) is 11.7 Å². The van der Waals surface area contributed by atoms with Crippen LogP contribution in [0.1, 0.15) is 23.2 Å². The van der Waals surface area contributed by atoms with Crippen LogP contribution in [-0.2, 0) is 4.74 Å². The van der Waals surface area contributed by atoms with Gasteiger partial charge in [-0.15, -0.1) is 0 Å². The number of pyridine rings is 1. The average molecular weight is 326 g/mol. The van der Waals surface area contributed by atoms with Crippen LogP contribution in [0.15, 0.2) is 22.9 Å². The monoisotopic (exact) mass is 325 g/mol. The second-order valence-electron chi connectivity index (χ2n) is 5.11. The summed E-state index contributed by atoms with van der Waals surface area (Å²) in [6, 6.07) is 1.65. The maximum Gasteiger partial charge on any atom is 0.253 e. The topological polar surface area (TPSA) is 77.2 Å². The van der Waals surface area contributed by atoms with Crippen LogP contribution in [-0.4, -0.2) is 35.7 Å². The van der Waals surface area contributed by atoms with Crippen LogP contribution in [0, 0.1) is 5.92 Å². The maximum absolute atomic E-state index is 12.1. The summed E-state index contributed by atoms with van der Waals surface area (Å²) in [7, 11) is 0. The van der Waals surface area contributed by atoms with Gasteiger partial charge in [-0.2, -0.15) is 0 Å². The van der Waals surface area contributed by atoms with Crippen LogP contribution >= 0.6 is 15.9 Å². The van der Waals surface area contributed by atoms with E-state index in [2.05, 4.69) is 26.2 Å². The number of hydrogen-bond acceptors (Lipinski definition) is 4. The molecule has 0 spiro atoms. The molecule has 2 heterocycles. The molecule has 6 heteroatoms. The van der Waals surface area contributed by atoms with Crippen molar-refractivity contribution in [2.45, 2.75) is 31.0 Å². The Hall–Kier alpha value is -0.980. The number of nitrogens with one attached hydrogen (secondary N) is 1. The van der Waals surface area contributed by atoms with Crippen molar-refractivity contribution in [3.05, 3.63) is 28.5 Å². The fourth-order valence-electron chi connectivity index (χ4n) is 2.90. The highest BCUT2D eigenvalue weighted by Crippen LogP contribution is 2.37. The van der Waals surface area contributed by atoms with E-state index in [0.717, 1.165) is 23.9 Å². The fourth-order valence-corrected chi connectivity index (χ4v) is 3.26. The first-order chi connectivity index (χ1) is 9.16. The van der Waals surface area contributed by atoms with Crippen molar-refractivity contribution in [1.29, 1.82) is 0 Å². The van der Waals surface area contributed by atoms with E-state index in [-0.39, 0.29) is 24.1 Å². The number of nitrogens with zero attached hydrogens (tertiary/aromatic N) is 1. The first kappa shape index (κ1) is 13.0. The van der Waals surface area contributed by atoms with E-state index in [9.17, 15) is 4.79 Å². The molecule has 3 N–H and O–H groups in total. The van der Waals surface area contributed by atoms with Gasteiger partial charge in [0.1, 0.15) is 0 Å². The number of carbonyl (C=O) groups is 1. The molecule has 1 amide bonds. The van der Waals surface area contributed by atoms with Gasteiger partial charge in [-0.25, -0.2) is 0 Å². The highest BCUT2D eigenvalue weighted by atomic mass is 79.9. The Morgan fingerprint density at radius 3 is 3.16 bits per heavy atom. The smallest absolute Gasteiger partial charge is 0.253 e. The normalized spacial score (nSPS) is 33.2. The number of halogens is 1. The van der Waals surface area contributed by atoms with Gasteiger partial charge in [0, 0.05) is 35.4 Å². The molecule has 1 aromatic rings. The van der Waals surface area contributed by atoms with Crippen molar-refractivity contribution in [3.63, 3.8) is 0 Å². The number of nitrogens with two attached hydrogens (primary N) is 1. The molecule has 2 fully saturated rings. The minimum absolute atomic E-state index is 0.00522. The Kier molecular flexibility index (Phi) is 3.56. The zero-order valence-electron chi connectivity index (χ0n) is 10.4. The van der Waals surface area contributed by atoms with E-state index >= 15 is 0 Å². The number of fused-ring (bicyclic) bond motifs is 1. The van der Waals surface area contributed by atoms with Gasteiger partial charge in [0.25, 0.3) is 5.91 Å². The molecule has 4 unspecified atom stereocenters. The number of ether oxygens (including phenoxy) is 1. The third-order valence-electron chi connectivity index (χ3n) is 3.94. The number of aromatic nitrogens is 1. The van der Waals surface area contributed by atoms with Gasteiger partial charge in [0.05, 0.1) is 17.7 Å². The summed E-state index contributed by atoms with van der Waals surface area (Å²) in [6.07, 6.45) is 5.42. The molecule has 1 saturated carbocycles. The van der Waals surface area contributed by atoms with Gasteiger partial charge >= 0.3 is 0 Å². The molecule has 19 heavy (non-hydrogen) atoms. The maximum atomic E-state index is 12.1. The average Bonchev–Trinajstić information content (AvgIpc) is 2.44. The minimum Gasteiger partial charge on any atom is -0.376 e. The van der Waals surface area contributed by atoms with Crippen molar-refractivity contribution in [3.8, 4) is 0 Å². The molecule has 5 nitrogen and oxygen atoms in total. The summed E-state index contributed by atoms with van der Waals surface area (Å²) in [5, 5.41) is 2.96. The van der Waals surface area contributed by atoms with Crippen LogP contribution in [0.2, 0.25) is 0 Å². The first-order valence-corrected chi connectivity index (χ1v) is 7.25. The zero-order chi connectivity index (χ0) is 13.4. The molecule has 1 aromatic heterocycles. The molecular weight excluding hydrogens is 310 g/mol. The summed E-state index contributed by atoms with van der Waals surface area (Å²) >= 11 is 3.30. The third kappa shape index (κ3) is 2.40. The standard InChI is InChI=1S/C13H16BrN3O2/c14-8-4-7(5-16-6-8)13(18)17-11-10(15)9-2-1-3-19-12(9)11/h4-6,9-12H,1-3,15H2,(H,17,18). The van der Waals surface area contributed by atoms with E-state index in [1.807, 2.05) is 0 Å². The van der Waals surface area contributed by atoms with Gasteiger partial charge in [-0.05, 0) is 34.8 Å². The number of amides is 1. The molecule has 0 aromatic carbocycles. The fraction of sp³-hybridized carbons (Fsp3) is 0.538. The predicted octanol–water partition coefficient (Wildman–Crippen LogP) is 1.08. The summed E-state index contributed by atoms with van der Waals surface area (Å²) in [4.78, 5) is 16.1. The van der Waals surface area contributed by atoms with Gasteiger partial charge < -0.3 is 15.8 Å². The van der Waals surface area contributed by atoms with E-state index in [4.69, 9.17) is 10.5 Å². The second kappa shape index (κ2) is 5.19. The second-order valence-corrected chi connectivity index (χ2v) is 6.03. The van der Waals surface area contributed by atoms with Crippen molar-refractivity contribution < 1.29 is 9.53 Å². The number of carbonyl (C=O) groups excluding carboxylic acids is 1. The lowest BCUT2D eigenvalue weighted by Crippen LogP contribution is -2.72. The molecule has 4 atom stereocenters. The lowest BCUT2D eigenvalue weighted by Gasteiger charge is -2.52. The molecule has 1 saturated heterocycles. The highest BCUT2D eigenvalue weighted by Gasteiger charge is 2.51. The summed E-state index contributed by atoms with van der Waals surface area (Å²) in [5.74, 6) is 0.238. The highest BCUT2D eigenvalue weighted by molar-refractivity contribution is 9.10. The third-order valence-corrected chi connectivity index (χ3v) is 4.38. The van der Waals surface area contributed by atoms with Gasteiger partial charge in [-0.3, -0.25) is 9.78 Å². The Morgan fingerprint density at radius 2 is 2.37 bits per heavy atom. The molecule has 1 aliphatic heterocycles. The van der Waals surface area contributed by atoms with E-state index in [1.165, 1.54) is 0 Å². The number of hydrogen-bond donors (Lipinski definition) is 2. The first-order valence-electron chi connectivity index (χ1n) is 6.45. The molecule has 2 aliphatic rings. The summed E-state index contributed by atoms with van der Waals surface area (Å²) < 4.78 is 6.48. The van der Waals surface area contributed by atoms with Crippen molar-refractivity contribution in [1.82, 2.24) is 10.3 Å². The van der Waals surface area contributed by atoms with Crippen LogP contribution in [0.3, 0.4) is 0 Å². The molecule has 3 rings (SSSR count). The van der Waals surface area contributed by atoms with Gasteiger partial charge in [-0.1, -0.05) is 0 Å². The quantitative estimate of drug-likeness (QED) is 0.853. The van der Waals surface area contributed by atoms with E-state index in [0.29, 0.717) is 11.5 Å². The Bertz CT molecular complexity index is 497. The molecular formula is C13H16BrN3O2. The van der Waals surface area contributed by atoms with E-state index in [1.54, 1.807) is 18.5 Å². The van der Waals surface area contributed by atoms with Crippen molar-refractivity contribution >= 4 is 21.8 Å². The molecule has 1 aliphatic carbocycles. The van der Waals surface area contributed by atoms with Crippen LogP contribution in [0.25, 0.3) is 0 Å². The minimum atomic E-state index is -0.151. The van der Waals surface area contributed by atoms with Crippen LogP contribution < -0.4 is 11.1 Å². The Labute approximate surface area is 120 Å². The van der Waals surface area contributed by atoms with E-state index < -0.39 is 0 Å². The van der Waals surface area contributed by atoms with Crippen molar-refractivity contribution in [2.75, 3.05) is 6.61 Å². The largest absolute Gasteiger partial charge is 0.376 e. The molecule has 0 bridgehead atoms. The van der Waals surface area contributed by atoms with Crippen LogP contribution in [0.4, 0.5) is 0 Å². The molecule has 0 radical (unpaired) electrons. The lowest BCUT2D eigenvalue weighted by molar-refractivity contribution is -0.117. The molecule has 102 valence electrons. The Morgan fingerprint density at radius 1 is 1.53 bits per heavy atom. The summed E-state index contributed by atoms with van der Waals surface area (Å²) in [5.41, 5.74) is 6.64. The van der Waals surface area contributed by atoms with Crippen LogP contribution in [0.5, 0.6) is 0 Å². The summed E-state index contributed by atoms with van der Waals surface area (Å²) in [6.45, 7) is 0.763. The van der Waals surface area contributed by atoms with Gasteiger partial charge in [0.2, 0.25) is 0 Å². The number of rotatable bonds is 2. The van der Waals surface area contributed by atoms with Gasteiger partial charge in [0.15, 0.2) is 0 Å². The predicted molar refractivity (Wildman–Crippen MR) is 73.6 cm³/mol. The SMILES string of the molecule is NC1C2CCCOC2C1NC(=O)c1cncc(Br)c1. The lowest BCUT2D eigenvalue weighted by atomic mass is 9.68.